The Morgan fingerprint density at radius 2 is 0.860 bits per heavy atom. The Morgan fingerprint density at radius 3 is 1.53 bits per heavy atom. The Morgan fingerprint density at radius 1 is 0.351 bits per heavy atom. The molecule has 2 aromatic heterocycles. The predicted octanol–water partition coefficient (Wildman–Crippen LogP) is 16.1. The number of nitrogens with zero attached hydrogens (tertiary/aromatic N) is 1. The summed E-state index contributed by atoms with van der Waals surface area (Å²) in [5.74, 6) is 0. The van der Waals surface area contributed by atoms with Gasteiger partial charge in [0.2, 0.25) is 0 Å². The topological polar surface area (TPSA) is 16.4 Å². The lowest BCUT2D eigenvalue weighted by atomic mass is 10.00. The van der Waals surface area contributed by atoms with Crippen LogP contribution in [0.5, 0.6) is 0 Å². The average molecular weight is 746 g/mol. The molecule has 2 heterocycles. The maximum Gasteiger partial charge on any atom is 0.143 e. The number of thiophene rings is 1. The van der Waals surface area contributed by atoms with Crippen LogP contribution < -0.4 is 4.90 Å². The van der Waals surface area contributed by atoms with Gasteiger partial charge in [-0.15, -0.1) is 11.3 Å². The van der Waals surface area contributed by atoms with Crippen molar-refractivity contribution in [2.75, 3.05) is 4.90 Å². The summed E-state index contributed by atoms with van der Waals surface area (Å²) in [5.41, 5.74) is 14.6. The van der Waals surface area contributed by atoms with Crippen LogP contribution in [0.2, 0.25) is 0 Å². The molecule has 0 bridgehead atoms. The molecule has 0 N–H and O–H groups in total. The molecule has 57 heavy (non-hydrogen) atoms. The predicted molar refractivity (Wildman–Crippen MR) is 243 cm³/mol. The number of hydrogen-bond acceptors (Lipinski definition) is 3. The van der Waals surface area contributed by atoms with Crippen LogP contribution in [0, 0.1) is 0 Å². The molecular formula is C54H35NOS. The van der Waals surface area contributed by atoms with E-state index in [0.29, 0.717) is 0 Å². The van der Waals surface area contributed by atoms with Crippen molar-refractivity contribution >= 4 is 70.5 Å². The minimum atomic E-state index is 0.895. The number of para-hydroxylation sites is 1. The monoisotopic (exact) mass is 745 g/mol. The maximum absolute atomic E-state index is 6.49. The minimum Gasteiger partial charge on any atom is -0.455 e. The molecule has 0 atom stereocenters. The molecule has 0 aliphatic rings. The van der Waals surface area contributed by atoms with E-state index in [2.05, 4.69) is 211 Å². The lowest BCUT2D eigenvalue weighted by Crippen LogP contribution is -2.10. The summed E-state index contributed by atoms with van der Waals surface area (Å²) < 4.78 is 9.04. The lowest BCUT2D eigenvalue weighted by molar-refractivity contribution is 0.670. The highest BCUT2D eigenvalue weighted by Gasteiger charge is 2.19. The summed E-state index contributed by atoms with van der Waals surface area (Å²) in [7, 11) is 0. The van der Waals surface area contributed by atoms with Gasteiger partial charge >= 0.3 is 0 Å². The minimum absolute atomic E-state index is 0.895. The number of anilines is 3. The molecule has 11 aromatic rings. The molecule has 0 spiro atoms. The number of benzene rings is 9. The molecular weight excluding hydrogens is 711 g/mol. The molecule has 2 nitrogen and oxygen atoms in total. The lowest BCUT2D eigenvalue weighted by Gasteiger charge is -2.26. The van der Waals surface area contributed by atoms with Gasteiger partial charge in [0.05, 0.1) is 10.4 Å². The standard InChI is InChI=1S/C54H35NOS/c1-4-12-36(13-5-1)38-22-28-43(29-23-38)55(50-21-11-20-47-49-35-42(37-14-6-2-7-15-37)27-33-52(49)57-54(47)50)44-30-24-39(25-31-44)41-26-32-51-48(34-41)46-19-10-18-45(53(46)56-51)40-16-8-3-9-17-40/h1-35H. The summed E-state index contributed by atoms with van der Waals surface area (Å²) >= 11 is 1.86. The van der Waals surface area contributed by atoms with Crippen LogP contribution in [-0.4, -0.2) is 0 Å². The van der Waals surface area contributed by atoms with Crippen molar-refractivity contribution in [1.82, 2.24) is 0 Å². The first-order valence-corrected chi connectivity index (χ1v) is 20.1. The fourth-order valence-corrected chi connectivity index (χ4v) is 9.44. The zero-order valence-electron chi connectivity index (χ0n) is 31.0. The van der Waals surface area contributed by atoms with Gasteiger partial charge < -0.3 is 9.32 Å². The highest BCUT2D eigenvalue weighted by molar-refractivity contribution is 7.26. The van der Waals surface area contributed by atoms with E-state index in [1.165, 1.54) is 42.4 Å². The summed E-state index contributed by atoms with van der Waals surface area (Å²) in [4.78, 5) is 2.41. The number of furan rings is 1. The van der Waals surface area contributed by atoms with Crippen molar-refractivity contribution in [3.63, 3.8) is 0 Å². The molecule has 9 aromatic carbocycles. The van der Waals surface area contributed by atoms with Crippen LogP contribution in [0.1, 0.15) is 0 Å². The van der Waals surface area contributed by atoms with Crippen molar-refractivity contribution < 1.29 is 4.42 Å². The third-order valence-corrected chi connectivity index (χ3v) is 12.3. The third-order valence-electron chi connectivity index (χ3n) is 11.1. The van der Waals surface area contributed by atoms with Gasteiger partial charge in [-0.25, -0.2) is 0 Å². The second-order valence-electron chi connectivity index (χ2n) is 14.5. The van der Waals surface area contributed by atoms with Crippen molar-refractivity contribution in [2.24, 2.45) is 0 Å². The number of rotatable bonds is 7. The van der Waals surface area contributed by atoms with E-state index in [0.717, 1.165) is 61.3 Å². The normalized spacial score (nSPS) is 11.5. The smallest absolute Gasteiger partial charge is 0.143 e. The molecule has 0 fully saturated rings. The van der Waals surface area contributed by atoms with Gasteiger partial charge in [0.15, 0.2) is 0 Å². The largest absolute Gasteiger partial charge is 0.455 e. The van der Waals surface area contributed by atoms with Crippen molar-refractivity contribution in [2.45, 2.75) is 0 Å². The second-order valence-corrected chi connectivity index (χ2v) is 15.5. The van der Waals surface area contributed by atoms with Crippen LogP contribution in [0.4, 0.5) is 17.1 Å². The number of hydrogen-bond donors (Lipinski definition) is 0. The molecule has 0 saturated carbocycles. The van der Waals surface area contributed by atoms with Gasteiger partial charge in [-0.05, 0) is 93.5 Å². The summed E-state index contributed by atoms with van der Waals surface area (Å²) in [5, 5.41) is 4.80. The zero-order chi connectivity index (χ0) is 37.7. The van der Waals surface area contributed by atoms with E-state index in [-0.39, 0.29) is 0 Å². The number of fused-ring (bicyclic) bond motifs is 6. The fourth-order valence-electron chi connectivity index (χ4n) is 8.26. The van der Waals surface area contributed by atoms with Crippen LogP contribution in [-0.2, 0) is 0 Å². The van der Waals surface area contributed by atoms with Gasteiger partial charge in [-0.1, -0.05) is 158 Å². The molecule has 11 rings (SSSR count). The zero-order valence-corrected chi connectivity index (χ0v) is 31.8. The molecule has 0 aliphatic carbocycles. The van der Waals surface area contributed by atoms with E-state index < -0.39 is 0 Å². The second kappa shape index (κ2) is 13.8. The first-order valence-electron chi connectivity index (χ1n) is 19.3. The summed E-state index contributed by atoms with van der Waals surface area (Å²) in [6, 6.07) is 76.3. The summed E-state index contributed by atoms with van der Waals surface area (Å²) in [6.45, 7) is 0. The molecule has 0 aliphatic heterocycles. The maximum atomic E-state index is 6.49. The molecule has 0 unspecified atom stereocenters. The van der Waals surface area contributed by atoms with E-state index in [1.807, 2.05) is 17.4 Å². The first kappa shape index (κ1) is 33.2. The highest BCUT2D eigenvalue weighted by atomic mass is 32.1. The van der Waals surface area contributed by atoms with E-state index in [9.17, 15) is 0 Å². The molecule has 268 valence electrons. The SMILES string of the molecule is c1ccc(-c2ccc(N(c3ccc(-c4ccc5oc6c(-c7ccccc7)cccc6c5c4)cc3)c3cccc4c3sc3ccc(-c5ccccc5)cc34)cc2)cc1. The van der Waals surface area contributed by atoms with Crippen molar-refractivity contribution in [3.05, 3.63) is 212 Å². The first-order chi connectivity index (χ1) is 28.2. The van der Waals surface area contributed by atoms with Crippen LogP contribution in [0.3, 0.4) is 0 Å². The van der Waals surface area contributed by atoms with Crippen LogP contribution in [0.25, 0.3) is 86.6 Å². The van der Waals surface area contributed by atoms with Crippen molar-refractivity contribution in [1.29, 1.82) is 0 Å². The molecule has 3 heteroatoms. The third kappa shape index (κ3) is 5.88. The summed E-state index contributed by atoms with van der Waals surface area (Å²) in [6.07, 6.45) is 0. The van der Waals surface area contributed by atoms with Crippen molar-refractivity contribution in [3.8, 4) is 44.5 Å². The van der Waals surface area contributed by atoms with Crippen LogP contribution in [0.15, 0.2) is 217 Å². The Kier molecular flexibility index (Phi) is 8.04. The fraction of sp³-hybridized carbons (Fsp3) is 0. The van der Waals surface area contributed by atoms with Gasteiger partial charge in [0.25, 0.3) is 0 Å². The highest BCUT2D eigenvalue weighted by Crippen LogP contribution is 2.46. The van der Waals surface area contributed by atoms with E-state index >= 15 is 0 Å². The Labute approximate surface area is 335 Å². The van der Waals surface area contributed by atoms with Gasteiger partial charge in [-0.2, -0.15) is 0 Å². The quantitative estimate of drug-likeness (QED) is 0.162. The van der Waals surface area contributed by atoms with Gasteiger partial charge in [0.1, 0.15) is 11.2 Å². The Bertz CT molecular complexity index is 3200. The Balaban J connectivity index is 1.02. The van der Waals surface area contributed by atoms with Gasteiger partial charge in [0, 0.05) is 43.2 Å². The molecule has 0 saturated heterocycles. The molecule has 0 radical (unpaired) electrons. The van der Waals surface area contributed by atoms with Gasteiger partial charge in [-0.3, -0.25) is 0 Å². The Hall–Kier alpha value is -7.20. The van der Waals surface area contributed by atoms with E-state index in [1.54, 1.807) is 0 Å². The van der Waals surface area contributed by atoms with Crippen LogP contribution >= 0.6 is 11.3 Å². The van der Waals surface area contributed by atoms with E-state index in [4.69, 9.17) is 4.42 Å². The molecule has 0 amide bonds. The average Bonchev–Trinajstić information content (AvgIpc) is 3.86.